The van der Waals surface area contributed by atoms with Crippen LogP contribution in [0.15, 0.2) is 59.6 Å². The standard InChI is InChI=1S/C22H33N5O2S.HI/c1-5-27(6-2)21(18-12-8-7-9-13-18)17-25-22(23-3)24-16-19-14-10-11-15-20(19)26-30(4,28)29;/h7-15,21,26H,5-6,16-17H2,1-4H3,(H2,23,24,25);1H. The molecule has 0 bridgehead atoms. The summed E-state index contributed by atoms with van der Waals surface area (Å²) in [4.78, 5) is 6.72. The van der Waals surface area contributed by atoms with E-state index in [4.69, 9.17) is 0 Å². The predicted octanol–water partition coefficient (Wildman–Crippen LogP) is 3.42. The zero-order valence-electron chi connectivity index (χ0n) is 18.6. The summed E-state index contributed by atoms with van der Waals surface area (Å²) in [5, 5.41) is 6.69. The lowest BCUT2D eigenvalue weighted by atomic mass is 10.1. The molecule has 0 heterocycles. The molecule has 31 heavy (non-hydrogen) atoms. The number of para-hydroxylation sites is 1. The van der Waals surface area contributed by atoms with Gasteiger partial charge < -0.3 is 10.6 Å². The summed E-state index contributed by atoms with van der Waals surface area (Å²) < 4.78 is 25.8. The van der Waals surface area contributed by atoms with Gasteiger partial charge in [0.2, 0.25) is 10.0 Å². The number of hydrogen-bond donors (Lipinski definition) is 3. The highest BCUT2D eigenvalue weighted by atomic mass is 127. The Hall–Kier alpha value is -1.85. The molecule has 2 aromatic rings. The van der Waals surface area contributed by atoms with Gasteiger partial charge in [0.25, 0.3) is 0 Å². The van der Waals surface area contributed by atoms with Crippen molar-refractivity contribution in [3.8, 4) is 0 Å². The van der Waals surface area contributed by atoms with Gasteiger partial charge in [-0.3, -0.25) is 14.6 Å². The second-order valence-electron chi connectivity index (χ2n) is 6.99. The summed E-state index contributed by atoms with van der Waals surface area (Å²) in [5.74, 6) is 0.664. The quantitative estimate of drug-likeness (QED) is 0.236. The van der Waals surface area contributed by atoms with Gasteiger partial charge in [0, 0.05) is 20.1 Å². The Labute approximate surface area is 203 Å². The molecule has 172 valence electrons. The van der Waals surface area contributed by atoms with Crippen LogP contribution in [0.4, 0.5) is 5.69 Å². The maximum atomic E-state index is 11.6. The summed E-state index contributed by atoms with van der Waals surface area (Å²) in [7, 11) is -1.61. The van der Waals surface area contributed by atoms with Gasteiger partial charge in [-0.25, -0.2) is 8.42 Å². The van der Waals surface area contributed by atoms with Gasteiger partial charge in [-0.05, 0) is 30.3 Å². The number of nitrogens with zero attached hydrogens (tertiary/aromatic N) is 2. The van der Waals surface area contributed by atoms with Gasteiger partial charge in [0.05, 0.1) is 18.0 Å². The molecular weight excluding hydrogens is 525 g/mol. The number of benzene rings is 2. The number of sulfonamides is 1. The van der Waals surface area contributed by atoms with Crippen molar-refractivity contribution in [1.29, 1.82) is 0 Å². The van der Waals surface area contributed by atoms with E-state index in [2.05, 4.69) is 63.4 Å². The van der Waals surface area contributed by atoms with Crippen LogP contribution in [0.3, 0.4) is 0 Å². The Balaban J connectivity index is 0.00000480. The Morgan fingerprint density at radius 2 is 1.61 bits per heavy atom. The second-order valence-corrected chi connectivity index (χ2v) is 8.73. The molecule has 2 rings (SSSR count). The van der Waals surface area contributed by atoms with Crippen LogP contribution in [-0.4, -0.2) is 52.2 Å². The predicted molar refractivity (Wildman–Crippen MR) is 141 cm³/mol. The number of aliphatic imine (C=N–C) groups is 1. The number of nitrogens with one attached hydrogen (secondary N) is 3. The van der Waals surface area contributed by atoms with Crippen molar-refractivity contribution in [3.05, 3.63) is 65.7 Å². The van der Waals surface area contributed by atoms with Crippen LogP contribution in [0.5, 0.6) is 0 Å². The highest BCUT2D eigenvalue weighted by molar-refractivity contribution is 14.0. The van der Waals surface area contributed by atoms with Crippen molar-refractivity contribution < 1.29 is 8.42 Å². The number of rotatable bonds is 10. The fraction of sp³-hybridized carbons (Fsp3) is 0.409. The Morgan fingerprint density at radius 3 is 2.19 bits per heavy atom. The SMILES string of the molecule is CCN(CC)C(CNC(=NC)NCc1ccccc1NS(C)(=O)=O)c1ccccc1.I. The van der Waals surface area contributed by atoms with E-state index in [9.17, 15) is 8.42 Å². The maximum Gasteiger partial charge on any atom is 0.229 e. The lowest BCUT2D eigenvalue weighted by Crippen LogP contribution is -2.43. The smallest absolute Gasteiger partial charge is 0.229 e. The van der Waals surface area contributed by atoms with Crippen LogP contribution in [0.2, 0.25) is 0 Å². The molecule has 0 saturated carbocycles. The second kappa shape index (κ2) is 13.5. The number of anilines is 1. The summed E-state index contributed by atoms with van der Waals surface area (Å²) in [6, 6.07) is 18.0. The fourth-order valence-corrected chi connectivity index (χ4v) is 3.96. The van der Waals surface area contributed by atoms with Crippen molar-refractivity contribution in [2.24, 2.45) is 4.99 Å². The van der Waals surface area contributed by atoms with Gasteiger partial charge in [-0.1, -0.05) is 62.4 Å². The van der Waals surface area contributed by atoms with Crippen molar-refractivity contribution in [3.63, 3.8) is 0 Å². The van der Waals surface area contributed by atoms with E-state index in [1.807, 2.05) is 18.2 Å². The minimum Gasteiger partial charge on any atom is -0.354 e. The normalized spacial score (nSPS) is 12.7. The molecule has 9 heteroatoms. The lowest BCUT2D eigenvalue weighted by Gasteiger charge is -2.30. The average Bonchev–Trinajstić information content (AvgIpc) is 2.73. The maximum absolute atomic E-state index is 11.6. The minimum atomic E-state index is -3.34. The van der Waals surface area contributed by atoms with E-state index >= 15 is 0 Å². The molecule has 0 radical (unpaired) electrons. The van der Waals surface area contributed by atoms with E-state index in [0.717, 1.165) is 24.9 Å². The molecule has 0 amide bonds. The lowest BCUT2D eigenvalue weighted by molar-refractivity contribution is 0.219. The van der Waals surface area contributed by atoms with Gasteiger partial charge in [-0.2, -0.15) is 0 Å². The average molecular weight is 560 g/mol. The number of halogens is 1. The highest BCUT2D eigenvalue weighted by Crippen LogP contribution is 2.19. The van der Waals surface area contributed by atoms with Crippen LogP contribution in [-0.2, 0) is 16.6 Å². The van der Waals surface area contributed by atoms with E-state index < -0.39 is 10.0 Å². The van der Waals surface area contributed by atoms with Crippen LogP contribution < -0.4 is 15.4 Å². The summed E-state index contributed by atoms with van der Waals surface area (Å²) in [5.41, 5.74) is 2.66. The van der Waals surface area contributed by atoms with Crippen molar-refractivity contribution in [2.75, 3.05) is 37.7 Å². The number of hydrogen-bond acceptors (Lipinski definition) is 4. The molecule has 0 aliphatic heterocycles. The van der Waals surface area contributed by atoms with Crippen LogP contribution in [0.1, 0.15) is 31.0 Å². The van der Waals surface area contributed by atoms with Crippen LogP contribution in [0, 0.1) is 0 Å². The molecule has 2 aromatic carbocycles. The Bertz CT molecular complexity index is 919. The first-order chi connectivity index (χ1) is 14.4. The highest BCUT2D eigenvalue weighted by Gasteiger charge is 2.18. The fourth-order valence-electron chi connectivity index (χ4n) is 3.36. The number of likely N-dealkylation sites (N-methyl/N-ethyl adjacent to an activating group) is 1. The van der Waals surface area contributed by atoms with Gasteiger partial charge in [-0.15, -0.1) is 24.0 Å². The largest absolute Gasteiger partial charge is 0.354 e. The molecule has 0 aliphatic carbocycles. The molecule has 0 aliphatic rings. The Morgan fingerprint density at radius 1 is 1.00 bits per heavy atom. The molecule has 0 spiro atoms. The molecular formula is C22H34IN5O2S. The van der Waals surface area contributed by atoms with E-state index in [1.54, 1.807) is 19.2 Å². The van der Waals surface area contributed by atoms with Crippen LogP contribution >= 0.6 is 24.0 Å². The molecule has 7 nitrogen and oxygen atoms in total. The first kappa shape index (κ1) is 27.2. The van der Waals surface area contributed by atoms with Crippen molar-refractivity contribution in [2.45, 2.75) is 26.4 Å². The Kier molecular flexibility index (Phi) is 11.9. The minimum absolute atomic E-state index is 0. The van der Waals surface area contributed by atoms with Gasteiger partial charge >= 0.3 is 0 Å². The third-order valence-corrected chi connectivity index (χ3v) is 5.47. The van der Waals surface area contributed by atoms with E-state index in [0.29, 0.717) is 24.7 Å². The molecule has 0 fully saturated rings. The molecule has 1 unspecified atom stereocenters. The van der Waals surface area contributed by atoms with Crippen molar-refractivity contribution in [1.82, 2.24) is 15.5 Å². The van der Waals surface area contributed by atoms with Crippen molar-refractivity contribution >= 4 is 45.6 Å². The topological polar surface area (TPSA) is 85.8 Å². The molecule has 3 N–H and O–H groups in total. The summed E-state index contributed by atoms with van der Waals surface area (Å²) in [6.07, 6.45) is 1.15. The third-order valence-electron chi connectivity index (χ3n) is 4.88. The summed E-state index contributed by atoms with van der Waals surface area (Å²) in [6.45, 7) is 7.38. The third kappa shape index (κ3) is 9.04. The van der Waals surface area contributed by atoms with Gasteiger partial charge in [0.15, 0.2) is 5.96 Å². The summed E-state index contributed by atoms with van der Waals surface area (Å²) >= 11 is 0. The molecule has 0 saturated heterocycles. The van der Waals surface area contributed by atoms with E-state index in [1.165, 1.54) is 5.56 Å². The molecule has 1 atom stereocenters. The van der Waals surface area contributed by atoms with E-state index in [-0.39, 0.29) is 30.0 Å². The molecule has 0 aromatic heterocycles. The first-order valence-electron chi connectivity index (χ1n) is 10.2. The monoisotopic (exact) mass is 559 g/mol. The first-order valence-corrected chi connectivity index (χ1v) is 12.1. The van der Waals surface area contributed by atoms with Crippen LogP contribution in [0.25, 0.3) is 0 Å². The van der Waals surface area contributed by atoms with Gasteiger partial charge in [0.1, 0.15) is 0 Å². The zero-order chi connectivity index (χ0) is 22.0. The number of guanidine groups is 1. The zero-order valence-corrected chi connectivity index (χ0v) is 21.8.